The molecule has 0 bridgehead atoms. The summed E-state index contributed by atoms with van der Waals surface area (Å²) in [7, 11) is 0. The summed E-state index contributed by atoms with van der Waals surface area (Å²) in [6.45, 7) is 7.70. The summed E-state index contributed by atoms with van der Waals surface area (Å²) >= 11 is 0. The van der Waals surface area contributed by atoms with Gasteiger partial charge in [0, 0.05) is 18.1 Å². The van der Waals surface area contributed by atoms with Gasteiger partial charge in [-0.3, -0.25) is 0 Å². The number of aromatic hydroxyl groups is 2. The maximum absolute atomic E-state index is 10.1. The fourth-order valence-corrected chi connectivity index (χ4v) is 3.48. The lowest BCUT2D eigenvalue weighted by atomic mass is 9.83. The molecule has 3 rings (SSSR count). The molecule has 0 saturated heterocycles. The number of rotatable bonds is 3. The highest BCUT2D eigenvalue weighted by atomic mass is 79.9. The van der Waals surface area contributed by atoms with E-state index in [2.05, 4.69) is 17.1 Å². The normalized spacial score (nSPS) is 10.7. The number of aryl methyl sites for hydroxylation is 4. The number of hydrogen-bond donors (Lipinski definition) is 2. The molecular formula is C22H24BrNO2. The van der Waals surface area contributed by atoms with Crippen molar-refractivity contribution in [3.8, 4) is 11.5 Å². The van der Waals surface area contributed by atoms with Crippen LogP contribution in [0.5, 0.6) is 11.5 Å². The van der Waals surface area contributed by atoms with Crippen LogP contribution in [-0.2, 0) is 0 Å². The summed E-state index contributed by atoms with van der Waals surface area (Å²) in [5.74, 6) is 0.731. The Bertz CT molecular complexity index is 819. The Labute approximate surface area is 165 Å². The molecule has 0 aliphatic heterocycles. The van der Waals surface area contributed by atoms with Crippen molar-refractivity contribution >= 4 is 0 Å². The van der Waals surface area contributed by atoms with Gasteiger partial charge in [0.25, 0.3) is 0 Å². The molecule has 0 amide bonds. The van der Waals surface area contributed by atoms with Crippen molar-refractivity contribution in [2.45, 2.75) is 33.6 Å². The molecule has 0 spiro atoms. The topological polar surface area (TPSA) is 54.6 Å². The Balaban J connectivity index is 0.00000243. The summed E-state index contributed by atoms with van der Waals surface area (Å²) in [6, 6.07) is 12.3. The number of nitrogens with one attached hydrogen (secondary N) is 1. The second-order valence-electron chi connectivity index (χ2n) is 6.77. The highest BCUT2D eigenvalue weighted by Gasteiger charge is 2.20. The highest BCUT2D eigenvalue weighted by Crippen LogP contribution is 2.37. The van der Waals surface area contributed by atoms with E-state index in [1.165, 1.54) is 0 Å². The lowest BCUT2D eigenvalue weighted by Crippen LogP contribution is -3.00. The van der Waals surface area contributed by atoms with E-state index in [0.717, 1.165) is 38.9 Å². The Kier molecular flexibility index (Phi) is 6.09. The van der Waals surface area contributed by atoms with Crippen molar-refractivity contribution in [3.05, 3.63) is 87.7 Å². The Hall–Kier alpha value is -2.33. The van der Waals surface area contributed by atoms with Crippen molar-refractivity contribution in [2.75, 3.05) is 0 Å². The van der Waals surface area contributed by atoms with Crippen molar-refractivity contribution in [2.24, 2.45) is 0 Å². The summed E-state index contributed by atoms with van der Waals surface area (Å²) < 4.78 is 0. The smallest absolute Gasteiger partial charge is 0.167 e. The lowest BCUT2D eigenvalue weighted by Gasteiger charge is -2.21. The van der Waals surface area contributed by atoms with Crippen LogP contribution < -0.4 is 22.0 Å². The van der Waals surface area contributed by atoms with Gasteiger partial charge in [0.05, 0.1) is 0 Å². The monoisotopic (exact) mass is 413 g/mol. The van der Waals surface area contributed by atoms with E-state index in [-0.39, 0.29) is 22.9 Å². The first-order valence-corrected chi connectivity index (χ1v) is 8.44. The fourth-order valence-electron chi connectivity index (χ4n) is 3.48. The van der Waals surface area contributed by atoms with E-state index in [4.69, 9.17) is 0 Å². The van der Waals surface area contributed by atoms with E-state index in [1.807, 2.05) is 64.4 Å². The third-order valence-electron chi connectivity index (χ3n) is 4.77. The first kappa shape index (κ1) is 20.0. The number of benzene rings is 2. The molecule has 0 atom stereocenters. The predicted octanol–water partition coefficient (Wildman–Crippen LogP) is 1.33. The van der Waals surface area contributed by atoms with Crippen molar-refractivity contribution in [1.29, 1.82) is 0 Å². The summed E-state index contributed by atoms with van der Waals surface area (Å²) in [5, 5.41) is 20.3. The SMILES string of the molecule is Cc1cc(C(c2cc[nH+]cc2)c2cc(C)c(O)c(C)c2)cc(C)c1O.[Br-]. The van der Waals surface area contributed by atoms with Crippen LogP contribution in [0.25, 0.3) is 0 Å². The molecule has 26 heavy (non-hydrogen) atoms. The van der Waals surface area contributed by atoms with Crippen molar-refractivity contribution in [1.82, 2.24) is 0 Å². The van der Waals surface area contributed by atoms with E-state index in [9.17, 15) is 10.2 Å². The molecule has 3 aromatic rings. The van der Waals surface area contributed by atoms with E-state index in [1.54, 1.807) is 0 Å². The third-order valence-corrected chi connectivity index (χ3v) is 4.77. The number of aromatic nitrogens is 1. The Morgan fingerprint density at radius 2 is 1.00 bits per heavy atom. The molecule has 0 saturated carbocycles. The quantitative estimate of drug-likeness (QED) is 0.680. The van der Waals surface area contributed by atoms with Gasteiger partial charge in [-0.1, -0.05) is 24.3 Å². The zero-order valence-corrected chi connectivity index (χ0v) is 17.1. The first-order chi connectivity index (χ1) is 11.9. The lowest BCUT2D eigenvalue weighted by molar-refractivity contribution is -0.378. The van der Waals surface area contributed by atoms with Crippen LogP contribution in [-0.4, -0.2) is 10.2 Å². The molecule has 0 aliphatic rings. The number of pyridine rings is 1. The first-order valence-electron chi connectivity index (χ1n) is 8.44. The molecule has 1 heterocycles. The van der Waals surface area contributed by atoms with Crippen molar-refractivity contribution in [3.63, 3.8) is 0 Å². The summed E-state index contributed by atoms with van der Waals surface area (Å²) in [4.78, 5) is 3.07. The molecule has 0 unspecified atom stereocenters. The number of phenolic OH excluding ortho intramolecular Hbond substituents is 2. The molecule has 2 aromatic carbocycles. The van der Waals surface area contributed by atoms with Crippen LogP contribution >= 0.6 is 0 Å². The van der Waals surface area contributed by atoms with Gasteiger partial charge < -0.3 is 27.2 Å². The van der Waals surface area contributed by atoms with Crippen LogP contribution in [0, 0.1) is 27.7 Å². The zero-order chi connectivity index (χ0) is 18.1. The van der Waals surface area contributed by atoms with Crippen LogP contribution in [0.2, 0.25) is 0 Å². The van der Waals surface area contributed by atoms with Crippen LogP contribution in [0.3, 0.4) is 0 Å². The largest absolute Gasteiger partial charge is 1.00 e. The molecule has 0 radical (unpaired) electrons. The van der Waals surface area contributed by atoms with E-state index < -0.39 is 0 Å². The molecule has 3 nitrogen and oxygen atoms in total. The zero-order valence-electron chi connectivity index (χ0n) is 15.5. The summed E-state index contributed by atoms with van der Waals surface area (Å²) in [5.41, 5.74) is 6.90. The number of hydrogen-bond acceptors (Lipinski definition) is 2. The Morgan fingerprint density at radius 3 is 1.35 bits per heavy atom. The maximum atomic E-state index is 10.1. The van der Waals surface area contributed by atoms with Gasteiger partial charge in [0.1, 0.15) is 11.5 Å². The van der Waals surface area contributed by atoms with Gasteiger partial charge in [-0.05, 0) is 66.6 Å². The second kappa shape index (κ2) is 7.92. The number of phenols is 2. The molecule has 0 aliphatic carbocycles. The third kappa shape index (κ3) is 3.75. The summed E-state index contributed by atoms with van der Waals surface area (Å²) in [6.07, 6.45) is 3.84. The average molecular weight is 414 g/mol. The number of H-pyrrole nitrogens is 1. The molecular weight excluding hydrogens is 390 g/mol. The van der Waals surface area contributed by atoms with Crippen molar-refractivity contribution < 1.29 is 32.2 Å². The fraction of sp³-hybridized carbons (Fsp3) is 0.227. The minimum absolute atomic E-state index is 0. The molecule has 136 valence electrons. The second-order valence-corrected chi connectivity index (χ2v) is 6.77. The molecule has 1 aromatic heterocycles. The number of halogens is 1. The standard InChI is InChI=1S/C22H23NO2.BrH/c1-13-9-18(10-14(2)21(13)24)20(17-5-7-23-8-6-17)19-11-15(3)22(25)16(4)12-19;/h5-12,20,24-25H,1-4H3;1H. The minimum atomic E-state index is 0. The predicted molar refractivity (Wildman–Crippen MR) is 99.1 cm³/mol. The van der Waals surface area contributed by atoms with Gasteiger partial charge in [0.15, 0.2) is 12.4 Å². The van der Waals surface area contributed by atoms with Gasteiger partial charge in [-0.15, -0.1) is 0 Å². The maximum Gasteiger partial charge on any atom is 0.167 e. The van der Waals surface area contributed by atoms with E-state index >= 15 is 0 Å². The Morgan fingerprint density at radius 1 is 0.654 bits per heavy atom. The average Bonchev–Trinajstić information content (AvgIpc) is 2.58. The molecule has 3 N–H and O–H groups in total. The molecule has 4 heteroatoms. The van der Waals surface area contributed by atoms with Crippen LogP contribution in [0.15, 0.2) is 48.8 Å². The minimum Gasteiger partial charge on any atom is -1.00 e. The van der Waals surface area contributed by atoms with Gasteiger partial charge in [-0.25, -0.2) is 4.98 Å². The van der Waals surface area contributed by atoms with Crippen LogP contribution in [0.4, 0.5) is 0 Å². The van der Waals surface area contributed by atoms with Gasteiger partial charge in [-0.2, -0.15) is 0 Å². The van der Waals surface area contributed by atoms with Crippen LogP contribution in [0.1, 0.15) is 44.9 Å². The van der Waals surface area contributed by atoms with Gasteiger partial charge >= 0.3 is 0 Å². The van der Waals surface area contributed by atoms with Gasteiger partial charge in [0.2, 0.25) is 0 Å². The number of aromatic amines is 1. The molecule has 0 fully saturated rings. The highest BCUT2D eigenvalue weighted by molar-refractivity contribution is 5.52. The van der Waals surface area contributed by atoms with E-state index in [0.29, 0.717) is 11.5 Å².